The minimum atomic E-state index is -0.135. The van der Waals surface area contributed by atoms with Crippen molar-refractivity contribution in [2.24, 2.45) is 0 Å². The number of aromatic nitrogens is 1. The molecule has 0 unspecified atom stereocenters. The van der Waals surface area contributed by atoms with Gasteiger partial charge in [0.25, 0.3) is 0 Å². The Labute approximate surface area is 362 Å². The van der Waals surface area contributed by atoms with Crippen LogP contribution in [0.1, 0.15) is 25.0 Å². The molecule has 1 heterocycles. The lowest BCUT2D eigenvalue weighted by atomic mass is 9.82. The summed E-state index contributed by atoms with van der Waals surface area (Å²) in [7, 11) is 0. The number of hydrogen-bond acceptors (Lipinski definition) is 2. The second-order valence-corrected chi connectivity index (χ2v) is 17.0. The molecule has 11 aromatic rings. The van der Waals surface area contributed by atoms with Gasteiger partial charge in [0, 0.05) is 44.6 Å². The van der Waals surface area contributed by atoms with E-state index in [-0.39, 0.29) is 5.41 Å². The average Bonchev–Trinajstić information content (AvgIpc) is 3.77. The molecule has 0 spiro atoms. The molecule has 3 heteroatoms. The van der Waals surface area contributed by atoms with E-state index in [2.05, 4.69) is 253 Å². The Hall–Kier alpha value is -7.88. The third-order valence-corrected chi connectivity index (χ3v) is 13.1. The van der Waals surface area contributed by atoms with Gasteiger partial charge in [-0.25, -0.2) is 0 Å². The summed E-state index contributed by atoms with van der Waals surface area (Å²) >= 11 is 0. The summed E-state index contributed by atoms with van der Waals surface area (Å²) in [5.74, 6) is 0. The standard InChI is InChI=1S/C59H43N3/c1-59(2)53-33-32-48(37-52(53)51-35-42-20-14-15-21-43(42)36-54(51)59)60(44-22-6-3-7-23-44)49-38-56(61(45-24-8-4-9-25-45)46-26-10-5-11-27-46)58-50-28-16-17-29-55(50)62(57(58)39-49)47-31-30-40-18-12-13-19-41(40)34-47/h3-39H,1-2H3. The summed E-state index contributed by atoms with van der Waals surface area (Å²) in [4.78, 5) is 4.88. The van der Waals surface area contributed by atoms with Gasteiger partial charge >= 0.3 is 0 Å². The summed E-state index contributed by atoms with van der Waals surface area (Å²) < 4.78 is 2.47. The lowest BCUT2D eigenvalue weighted by Crippen LogP contribution is -2.16. The van der Waals surface area contributed by atoms with Gasteiger partial charge in [-0.1, -0.05) is 147 Å². The minimum absolute atomic E-state index is 0.135. The maximum absolute atomic E-state index is 2.47. The van der Waals surface area contributed by atoms with Crippen LogP contribution in [0.3, 0.4) is 0 Å². The van der Waals surface area contributed by atoms with Crippen molar-refractivity contribution < 1.29 is 0 Å². The highest BCUT2D eigenvalue weighted by Gasteiger charge is 2.36. The quantitative estimate of drug-likeness (QED) is 0.159. The molecule has 294 valence electrons. The third-order valence-electron chi connectivity index (χ3n) is 13.1. The molecule has 0 N–H and O–H groups in total. The number of fused-ring (bicyclic) bond motifs is 8. The van der Waals surface area contributed by atoms with Crippen molar-refractivity contribution >= 4 is 77.5 Å². The van der Waals surface area contributed by atoms with E-state index in [9.17, 15) is 0 Å². The number of hydrogen-bond donors (Lipinski definition) is 0. The number of anilines is 6. The van der Waals surface area contributed by atoms with Crippen LogP contribution >= 0.6 is 0 Å². The van der Waals surface area contributed by atoms with E-state index in [1.807, 2.05) is 0 Å². The van der Waals surface area contributed by atoms with Crippen LogP contribution in [0.5, 0.6) is 0 Å². The Balaban J connectivity index is 1.18. The molecule has 0 saturated carbocycles. The van der Waals surface area contributed by atoms with Crippen LogP contribution < -0.4 is 9.80 Å². The molecule has 0 aliphatic heterocycles. The molecule has 0 fully saturated rings. The second kappa shape index (κ2) is 14.1. The van der Waals surface area contributed by atoms with Gasteiger partial charge in [-0.05, 0) is 135 Å². The van der Waals surface area contributed by atoms with Gasteiger partial charge in [0.2, 0.25) is 0 Å². The first-order chi connectivity index (χ1) is 30.5. The minimum Gasteiger partial charge on any atom is -0.310 e. The molecule has 0 atom stereocenters. The lowest BCUT2D eigenvalue weighted by molar-refractivity contribution is 0.661. The Morgan fingerprint density at radius 2 is 0.903 bits per heavy atom. The van der Waals surface area contributed by atoms with E-state index in [1.54, 1.807) is 0 Å². The summed E-state index contributed by atoms with van der Waals surface area (Å²) in [6.07, 6.45) is 0. The fourth-order valence-corrected chi connectivity index (χ4v) is 10.1. The van der Waals surface area contributed by atoms with Gasteiger partial charge in [-0.2, -0.15) is 0 Å². The highest BCUT2D eigenvalue weighted by Crippen LogP contribution is 2.53. The van der Waals surface area contributed by atoms with Gasteiger partial charge in [0.15, 0.2) is 0 Å². The van der Waals surface area contributed by atoms with Crippen molar-refractivity contribution in [2.45, 2.75) is 19.3 Å². The summed E-state index contributed by atoms with van der Waals surface area (Å²) in [6, 6.07) is 82.3. The van der Waals surface area contributed by atoms with Gasteiger partial charge in [0.05, 0.1) is 22.4 Å². The highest BCUT2D eigenvalue weighted by atomic mass is 15.2. The second-order valence-electron chi connectivity index (χ2n) is 17.0. The molecular formula is C59H43N3. The average molecular weight is 794 g/mol. The van der Waals surface area contributed by atoms with Crippen LogP contribution in [0.25, 0.3) is 60.2 Å². The fourth-order valence-electron chi connectivity index (χ4n) is 10.1. The van der Waals surface area contributed by atoms with Crippen LogP contribution in [0.4, 0.5) is 34.1 Å². The topological polar surface area (TPSA) is 11.4 Å². The first-order valence-corrected chi connectivity index (χ1v) is 21.5. The molecule has 0 bridgehead atoms. The van der Waals surface area contributed by atoms with Gasteiger partial charge in [-0.15, -0.1) is 0 Å². The SMILES string of the molecule is CC1(C)c2ccc(N(c3ccccc3)c3cc(N(c4ccccc4)c4ccccc4)c4c5ccccc5n(-c5ccc6ccccc6c5)c4c3)cc2-c2cc3ccccc3cc21. The molecule has 3 nitrogen and oxygen atoms in total. The molecule has 12 rings (SSSR count). The Bertz CT molecular complexity index is 3450. The molecule has 0 radical (unpaired) electrons. The largest absolute Gasteiger partial charge is 0.310 e. The molecule has 1 aromatic heterocycles. The first kappa shape index (κ1) is 36.0. The summed E-state index contributed by atoms with van der Waals surface area (Å²) in [5.41, 5.74) is 15.2. The summed E-state index contributed by atoms with van der Waals surface area (Å²) in [6.45, 7) is 4.74. The Morgan fingerprint density at radius 1 is 0.355 bits per heavy atom. The van der Waals surface area contributed by atoms with Crippen molar-refractivity contribution in [1.29, 1.82) is 0 Å². The van der Waals surface area contributed by atoms with Crippen molar-refractivity contribution in [3.63, 3.8) is 0 Å². The fraction of sp³-hybridized carbons (Fsp3) is 0.0508. The van der Waals surface area contributed by atoms with Gasteiger partial charge in [0.1, 0.15) is 0 Å². The molecule has 1 aliphatic rings. The van der Waals surface area contributed by atoms with E-state index in [1.165, 1.54) is 54.6 Å². The maximum Gasteiger partial charge on any atom is 0.0583 e. The lowest BCUT2D eigenvalue weighted by Gasteiger charge is -2.31. The van der Waals surface area contributed by atoms with E-state index >= 15 is 0 Å². The van der Waals surface area contributed by atoms with E-state index in [4.69, 9.17) is 0 Å². The first-order valence-electron chi connectivity index (χ1n) is 21.5. The Morgan fingerprint density at radius 3 is 1.58 bits per heavy atom. The van der Waals surface area contributed by atoms with Crippen LogP contribution in [0.15, 0.2) is 224 Å². The molecule has 0 amide bonds. The Kier molecular flexibility index (Phi) is 8.20. The smallest absolute Gasteiger partial charge is 0.0583 e. The molecule has 1 aliphatic carbocycles. The number of nitrogens with zero attached hydrogens (tertiary/aromatic N) is 3. The molecule has 62 heavy (non-hydrogen) atoms. The highest BCUT2D eigenvalue weighted by molar-refractivity contribution is 6.18. The third kappa shape index (κ3) is 5.66. The number of rotatable bonds is 7. The van der Waals surface area contributed by atoms with Crippen LogP contribution in [-0.2, 0) is 5.41 Å². The molecule has 0 saturated heterocycles. The van der Waals surface area contributed by atoms with Gasteiger partial charge < -0.3 is 14.4 Å². The van der Waals surface area contributed by atoms with E-state index in [0.717, 1.165) is 50.8 Å². The molecular weight excluding hydrogens is 751 g/mol. The van der Waals surface area contributed by atoms with Crippen molar-refractivity contribution in [1.82, 2.24) is 4.57 Å². The van der Waals surface area contributed by atoms with E-state index < -0.39 is 0 Å². The van der Waals surface area contributed by atoms with Gasteiger partial charge in [-0.3, -0.25) is 0 Å². The monoisotopic (exact) mass is 793 g/mol. The molecule has 10 aromatic carbocycles. The van der Waals surface area contributed by atoms with Crippen molar-refractivity contribution in [3.05, 3.63) is 236 Å². The zero-order valence-corrected chi connectivity index (χ0v) is 34.7. The van der Waals surface area contributed by atoms with Crippen molar-refractivity contribution in [3.8, 4) is 16.8 Å². The zero-order valence-electron chi connectivity index (χ0n) is 34.7. The predicted octanol–water partition coefficient (Wildman–Crippen LogP) is 16.3. The van der Waals surface area contributed by atoms with Crippen molar-refractivity contribution in [2.75, 3.05) is 9.80 Å². The van der Waals surface area contributed by atoms with Crippen LogP contribution in [0.2, 0.25) is 0 Å². The predicted molar refractivity (Wildman–Crippen MR) is 263 cm³/mol. The zero-order chi connectivity index (χ0) is 41.4. The van der Waals surface area contributed by atoms with E-state index in [0.29, 0.717) is 0 Å². The summed E-state index contributed by atoms with van der Waals surface area (Å²) in [5, 5.41) is 7.37. The number of para-hydroxylation sites is 4. The number of benzene rings is 10. The van der Waals surface area contributed by atoms with Crippen LogP contribution in [0, 0.1) is 0 Å². The normalized spacial score (nSPS) is 12.8. The van der Waals surface area contributed by atoms with Crippen LogP contribution in [-0.4, -0.2) is 4.57 Å². The maximum atomic E-state index is 2.47.